The van der Waals surface area contributed by atoms with Crippen LogP contribution in [0, 0.1) is 26.0 Å². The number of rotatable bonds is 14. The summed E-state index contributed by atoms with van der Waals surface area (Å²) >= 11 is 0. The van der Waals surface area contributed by atoms with Crippen molar-refractivity contribution in [2.45, 2.75) is 78.6 Å². The maximum absolute atomic E-state index is 14.0. The first kappa shape index (κ1) is 60.7. The van der Waals surface area contributed by atoms with Crippen LogP contribution in [0.15, 0.2) is 170 Å². The highest BCUT2D eigenvalue weighted by Gasteiger charge is 2.25. The van der Waals surface area contributed by atoms with Gasteiger partial charge in [0.25, 0.3) is 5.69 Å². The molecule has 2 aliphatic rings. The molecule has 2 fully saturated rings. The molecule has 0 aliphatic carbocycles. The molecular formula is C68H75FN14O4. The molecule has 0 saturated carbocycles. The van der Waals surface area contributed by atoms with E-state index in [9.17, 15) is 24.6 Å². The third-order valence-corrected chi connectivity index (χ3v) is 15.9. The van der Waals surface area contributed by atoms with Gasteiger partial charge in [-0.2, -0.15) is 4.39 Å². The Kier molecular flexibility index (Phi) is 18.7. The second-order valence-electron chi connectivity index (χ2n) is 24.1. The second-order valence-corrected chi connectivity index (χ2v) is 24.1. The van der Waals surface area contributed by atoms with Crippen molar-refractivity contribution in [2.24, 2.45) is 5.73 Å². The van der Waals surface area contributed by atoms with Crippen LogP contribution in [0.25, 0.3) is 44.8 Å². The van der Waals surface area contributed by atoms with E-state index < -0.39 is 16.4 Å². The number of imidazole rings is 2. The lowest BCUT2D eigenvalue weighted by atomic mass is 9.87. The average Bonchev–Trinajstić information content (AvgIpc) is 3.14. The molecule has 0 bridgehead atoms. The summed E-state index contributed by atoms with van der Waals surface area (Å²) in [5.41, 5.74) is 20.4. The Hall–Kier alpha value is -9.43. The molecule has 18 nitrogen and oxygen atoms in total. The molecule has 0 radical (unpaired) electrons. The quantitative estimate of drug-likeness (QED) is 0.0588. The van der Waals surface area contributed by atoms with Crippen LogP contribution < -0.4 is 20.9 Å². The van der Waals surface area contributed by atoms with Gasteiger partial charge >= 0.3 is 5.69 Å². The summed E-state index contributed by atoms with van der Waals surface area (Å²) in [6, 6.07) is 46.9. The van der Waals surface area contributed by atoms with Crippen molar-refractivity contribution >= 4 is 50.5 Å². The molecule has 448 valence electrons. The van der Waals surface area contributed by atoms with Crippen molar-refractivity contribution in [2.75, 3.05) is 67.5 Å². The van der Waals surface area contributed by atoms with Crippen LogP contribution in [0.2, 0.25) is 0 Å². The summed E-state index contributed by atoms with van der Waals surface area (Å²) < 4.78 is 14.0. The van der Waals surface area contributed by atoms with Crippen LogP contribution in [0.3, 0.4) is 0 Å². The summed E-state index contributed by atoms with van der Waals surface area (Å²) in [4.78, 5) is 55.9. The Morgan fingerprint density at radius 1 is 0.540 bits per heavy atom. The van der Waals surface area contributed by atoms with E-state index >= 15 is 0 Å². The topological polar surface area (TPSA) is 220 Å². The van der Waals surface area contributed by atoms with E-state index in [-0.39, 0.29) is 21.4 Å². The lowest BCUT2D eigenvalue weighted by Gasteiger charge is -2.36. The molecule has 6 heterocycles. The normalized spacial score (nSPS) is 14.1. The number of nitro groups is 2. The Morgan fingerprint density at radius 2 is 0.989 bits per heavy atom. The van der Waals surface area contributed by atoms with Gasteiger partial charge in [0.05, 0.1) is 32.3 Å². The van der Waals surface area contributed by atoms with E-state index in [1.54, 1.807) is 36.9 Å². The lowest BCUT2D eigenvalue weighted by Crippen LogP contribution is -2.46. The number of halogens is 1. The number of aromatic nitrogens is 6. The third kappa shape index (κ3) is 15.2. The van der Waals surface area contributed by atoms with Gasteiger partial charge in [0.1, 0.15) is 28.4 Å². The zero-order chi connectivity index (χ0) is 61.2. The summed E-state index contributed by atoms with van der Waals surface area (Å²) in [5, 5.41) is 25.8. The first-order valence-electron chi connectivity index (χ1n) is 29.4. The Balaban J connectivity index is 0.000000172. The number of anilines is 3. The molecule has 4 aromatic heterocycles. The molecule has 2 aliphatic heterocycles. The average molecular weight is 1170 g/mol. The fraction of sp³-hybridized carbons (Fsp3) is 0.294. The predicted molar refractivity (Wildman–Crippen MR) is 345 cm³/mol. The monoisotopic (exact) mass is 1170 g/mol. The highest BCUT2D eigenvalue weighted by molar-refractivity contribution is 5.92. The van der Waals surface area contributed by atoms with Crippen molar-refractivity contribution in [3.63, 3.8) is 0 Å². The lowest BCUT2D eigenvalue weighted by molar-refractivity contribution is -0.387. The summed E-state index contributed by atoms with van der Waals surface area (Å²) in [6.45, 7) is 22.4. The SMILES string of the molecule is CC(C)(C)c1ccc(-c2nc3c(N4CCN(Cc5ccc([N+](=O)[O-])c(F)c5)CC4)cccc3[nH]2)cc1.CC(C)(C)c1ccc(-c2nc3c(N4CCN(Cc5ccc([N+](=O)[O-])c(NCc6cccnc6)c5)CC4)cccc3[nH]2)cc1.NCc1cccnc1. The minimum Gasteiger partial charge on any atom is -0.375 e. The van der Waals surface area contributed by atoms with Crippen LogP contribution in [0.4, 0.5) is 32.8 Å². The fourth-order valence-electron chi connectivity index (χ4n) is 10.9. The van der Waals surface area contributed by atoms with E-state index in [0.717, 1.165) is 137 Å². The van der Waals surface area contributed by atoms with Gasteiger partial charge in [0, 0.05) is 127 Å². The molecule has 0 unspecified atom stereocenters. The largest absolute Gasteiger partial charge is 0.375 e. The Labute approximate surface area is 506 Å². The number of para-hydroxylation sites is 2. The molecule has 2 saturated heterocycles. The molecule has 5 N–H and O–H groups in total. The van der Waals surface area contributed by atoms with Crippen LogP contribution in [0.5, 0.6) is 0 Å². The Morgan fingerprint density at radius 3 is 1.39 bits per heavy atom. The van der Waals surface area contributed by atoms with Gasteiger partial charge in [-0.1, -0.05) is 126 Å². The molecule has 19 heteroatoms. The molecule has 87 heavy (non-hydrogen) atoms. The summed E-state index contributed by atoms with van der Waals surface area (Å²) in [5.74, 6) is 0.953. The van der Waals surface area contributed by atoms with Crippen LogP contribution in [0.1, 0.15) is 74.9 Å². The van der Waals surface area contributed by atoms with Crippen molar-refractivity contribution < 1.29 is 14.2 Å². The van der Waals surface area contributed by atoms with Gasteiger partial charge in [-0.3, -0.25) is 40.0 Å². The number of nitrogens with two attached hydrogens (primary N) is 1. The summed E-state index contributed by atoms with van der Waals surface area (Å²) in [6.07, 6.45) is 6.97. The zero-order valence-electron chi connectivity index (χ0n) is 50.2. The number of hydrogen-bond acceptors (Lipinski definition) is 14. The van der Waals surface area contributed by atoms with Gasteiger partial charge < -0.3 is 30.8 Å². The van der Waals surface area contributed by atoms with Crippen molar-refractivity contribution in [3.8, 4) is 22.8 Å². The van der Waals surface area contributed by atoms with Gasteiger partial charge in [-0.05, 0) is 92.7 Å². The van der Waals surface area contributed by atoms with E-state index in [4.69, 9.17) is 15.7 Å². The van der Waals surface area contributed by atoms with Gasteiger partial charge in [0.2, 0.25) is 5.82 Å². The third-order valence-electron chi connectivity index (χ3n) is 15.9. The smallest absolute Gasteiger partial charge is 0.304 e. The maximum atomic E-state index is 14.0. The zero-order valence-corrected chi connectivity index (χ0v) is 50.2. The van der Waals surface area contributed by atoms with Crippen molar-refractivity contribution in [1.82, 2.24) is 39.7 Å². The number of nitrogens with one attached hydrogen (secondary N) is 3. The molecule has 0 atom stereocenters. The van der Waals surface area contributed by atoms with Crippen molar-refractivity contribution in [1.29, 1.82) is 0 Å². The predicted octanol–water partition coefficient (Wildman–Crippen LogP) is 13.2. The first-order chi connectivity index (χ1) is 41.9. The number of hydrogen-bond donors (Lipinski definition) is 4. The number of benzene rings is 6. The van der Waals surface area contributed by atoms with Gasteiger partial charge in [-0.25, -0.2) is 9.97 Å². The number of fused-ring (bicyclic) bond motifs is 2. The standard InChI is InChI=1S/C34H37N7O2.C28H30FN5O2.C6H8N2/c1-34(2,3)27-12-10-26(11-13-27)33-37-28-7-4-8-31(32(28)38-33)40-18-16-39(17-19-40)23-24-9-14-30(41(42)43)29(20-24)36-22-25-6-5-15-35-21-25;1-28(2,3)21-10-8-20(9-11-21)27-30-23-5-4-6-25(26(23)31-27)33-15-13-32(14-16-33)18-19-7-12-24(34(35)36)22(29)17-19;7-4-6-2-1-3-8-5-6/h4-15,20-21,36H,16-19,22-23H2,1-3H3,(H,37,38);4-12,17H,13-16,18H2,1-3H3,(H,30,31);1-3,5H,4,7H2. The first-order valence-corrected chi connectivity index (χ1v) is 29.4. The number of nitrogens with zero attached hydrogens (tertiary/aromatic N) is 10. The number of H-pyrrole nitrogens is 2. The minimum absolute atomic E-state index is 0.0778. The second kappa shape index (κ2) is 26.9. The van der Waals surface area contributed by atoms with Gasteiger partial charge in [0.15, 0.2) is 0 Å². The molecule has 0 spiro atoms. The van der Waals surface area contributed by atoms with Crippen LogP contribution >= 0.6 is 0 Å². The molecule has 0 amide bonds. The minimum atomic E-state index is -0.787. The van der Waals surface area contributed by atoms with E-state index in [1.807, 2.05) is 42.5 Å². The molecule has 12 rings (SSSR count). The number of piperazine rings is 2. The molecular weight excluding hydrogens is 1100 g/mol. The number of nitro benzene ring substituents is 2. The number of pyridine rings is 2. The van der Waals surface area contributed by atoms with Crippen LogP contribution in [-0.2, 0) is 37.0 Å². The highest BCUT2D eigenvalue weighted by Crippen LogP contribution is 2.34. The highest BCUT2D eigenvalue weighted by atomic mass is 19.1. The van der Waals surface area contributed by atoms with E-state index in [1.165, 1.54) is 23.3 Å². The Bertz CT molecular complexity index is 3940. The molecule has 10 aromatic rings. The molecule has 6 aromatic carbocycles. The van der Waals surface area contributed by atoms with E-state index in [2.05, 4.69) is 165 Å². The van der Waals surface area contributed by atoms with Crippen molar-refractivity contribution in [3.05, 3.63) is 230 Å². The van der Waals surface area contributed by atoms with E-state index in [0.29, 0.717) is 25.3 Å². The van der Waals surface area contributed by atoms with Crippen LogP contribution in [-0.4, -0.2) is 102 Å². The maximum Gasteiger partial charge on any atom is 0.304 e. The number of aromatic amines is 2. The summed E-state index contributed by atoms with van der Waals surface area (Å²) in [7, 11) is 0. The van der Waals surface area contributed by atoms with Gasteiger partial charge in [-0.15, -0.1) is 0 Å². The fourth-order valence-corrected chi connectivity index (χ4v) is 10.9.